The molecule has 0 saturated carbocycles. The average Bonchev–Trinajstić information content (AvgIpc) is 3.19. The minimum atomic E-state index is -0.544. The van der Waals surface area contributed by atoms with Crippen molar-refractivity contribution < 1.29 is 14.3 Å². The maximum atomic E-state index is 12.8. The molecule has 0 N–H and O–H groups in total. The molecule has 3 aromatic rings. The molecule has 3 heterocycles. The van der Waals surface area contributed by atoms with E-state index in [0.717, 1.165) is 6.42 Å². The van der Waals surface area contributed by atoms with Crippen molar-refractivity contribution >= 4 is 28.7 Å². The number of hydrogen-bond donors (Lipinski definition) is 0. The molecular formula is C21H23ClN4O3. The first-order valence-corrected chi connectivity index (χ1v) is 10.1. The van der Waals surface area contributed by atoms with Gasteiger partial charge in [-0.2, -0.15) is 0 Å². The molecule has 1 saturated heterocycles. The van der Waals surface area contributed by atoms with Gasteiger partial charge in [0.15, 0.2) is 23.1 Å². The number of carbonyl (C=O) groups excluding carboxylic acids is 1. The van der Waals surface area contributed by atoms with Crippen LogP contribution in [0.5, 0.6) is 0 Å². The molecule has 1 aromatic carbocycles. The van der Waals surface area contributed by atoms with Crippen molar-refractivity contribution in [3.05, 3.63) is 52.7 Å². The highest BCUT2D eigenvalue weighted by atomic mass is 35.5. The monoisotopic (exact) mass is 414 g/mol. The molecule has 1 aliphatic heterocycles. The van der Waals surface area contributed by atoms with Crippen LogP contribution in [-0.2, 0) is 9.47 Å². The number of esters is 1. The van der Waals surface area contributed by atoms with E-state index in [1.165, 1.54) is 0 Å². The summed E-state index contributed by atoms with van der Waals surface area (Å²) in [5.74, 6) is 0.850. The molecule has 1 aliphatic rings. The quantitative estimate of drug-likeness (QED) is 0.468. The molecule has 29 heavy (non-hydrogen) atoms. The van der Waals surface area contributed by atoms with Gasteiger partial charge in [0.1, 0.15) is 17.2 Å². The van der Waals surface area contributed by atoms with Crippen molar-refractivity contribution in [2.75, 3.05) is 0 Å². The Morgan fingerprint density at radius 2 is 1.93 bits per heavy atom. The van der Waals surface area contributed by atoms with Gasteiger partial charge < -0.3 is 9.47 Å². The highest BCUT2D eigenvalue weighted by Gasteiger charge is 2.46. The molecular weight excluding hydrogens is 392 g/mol. The van der Waals surface area contributed by atoms with Crippen LogP contribution in [0.3, 0.4) is 0 Å². The van der Waals surface area contributed by atoms with Crippen molar-refractivity contribution in [1.82, 2.24) is 19.5 Å². The smallest absolute Gasteiger partial charge is 0.338 e. The molecule has 152 valence electrons. The Kier molecular flexibility index (Phi) is 5.27. The minimum absolute atomic E-state index is 0.00733. The second kappa shape index (κ2) is 7.72. The Balaban J connectivity index is 1.76. The lowest BCUT2D eigenvalue weighted by atomic mass is 9.98. The number of imidazole rings is 1. The molecule has 1 fully saturated rings. The normalized spacial score (nSPS) is 24.2. The van der Waals surface area contributed by atoms with Gasteiger partial charge in [0.25, 0.3) is 0 Å². The summed E-state index contributed by atoms with van der Waals surface area (Å²) in [4.78, 5) is 26.0. The van der Waals surface area contributed by atoms with Crippen molar-refractivity contribution in [3.8, 4) is 0 Å². The molecule has 0 aliphatic carbocycles. The van der Waals surface area contributed by atoms with Gasteiger partial charge in [0.05, 0.1) is 11.7 Å². The van der Waals surface area contributed by atoms with Gasteiger partial charge in [-0.1, -0.05) is 43.6 Å². The second-order valence-electron chi connectivity index (χ2n) is 7.33. The number of rotatable bonds is 4. The number of aromatic nitrogens is 4. The maximum absolute atomic E-state index is 12.8. The molecule has 0 spiro atoms. The number of carbonyl (C=O) groups is 1. The summed E-state index contributed by atoms with van der Waals surface area (Å²) in [6.45, 7) is 7.73. The van der Waals surface area contributed by atoms with Gasteiger partial charge >= 0.3 is 5.97 Å². The van der Waals surface area contributed by atoms with Crippen LogP contribution in [0, 0.1) is 19.8 Å². The third-order valence-corrected chi connectivity index (χ3v) is 5.66. The van der Waals surface area contributed by atoms with Gasteiger partial charge in [-0.15, -0.1) is 0 Å². The number of ether oxygens (including phenoxy) is 2. The van der Waals surface area contributed by atoms with Crippen molar-refractivity contribution in [1.29, 1.82) is 0 Å². The lowest BCUT2D eigenvalue weighted by molar-refractivity contribution is -0.0478. The van der Waals surface area contributed by atoms with Crippen LogP contribution in [0.15, 0.2) is 30.3 Å². The lowest BCUT2D eigenvalue weighted by Gasteiger charge is -2.23. The molecule has 4 unspecified atom stereocenters. The first-order chi connectivity index (χ1) is 13.9. The summed E-state index contributed by atoms with van der Waals surface area (Å²) in [6.07, 6.45) is -0.281. The van der Waals surface area contributed by atoms with E-state index in [4.69, 9.17) is 21.1 Å². The first-order valence-electron chi connectivity index (χ1n) is 9.70. The average molecular weight is 415 g/mol. The van der Waals surface area contributed by atoms with Gasteiger partial charge in [-0.05, 0) is 32.4 Å². The van der Waals surface area contributed by atoms with Gasteiger partial charge in [0.2, 0.25) is 0 Å². The van der Waals surface area contributed by atoms with E-state index in [1.807, 2.05) is 36.6 Å². The predicted octanol–water partition coefficient (Wildman–Crippen LogP) is 4.27. The largest absolute Gasteiger partial charge is 0.454 e. The van der Waals surface area contributed by atoms with Crippen LogP contribution < -0.4 is 0 Å². The predicted molar refractivity (Wildman–Crippen MR) is 109 cm³/mol. The summed E-state index contributed by atoms with van der Waals surface area (Å²) in [6, 6.07) is 8.97. The van der Waals surface area contributed by atoms with Gasteiger partial charge in [0, 0.05) is 5.92 Å². The van der Waals surface area contributed by atoms with Crippen LogP contribution in [-0.4, -0.2) is 37.7 Å². The van der Waals surface area contributed by atoms with E-state index in [0.29, 0.717) is 33.5 Å². The van der Waals surface area contributed by atoms with Crippen LogP contribution >= 0.6 is 11.6 Å². The highest BCUT2D eigenvalue weighted by Crippen LogP contribution is 2.40. The first kappa shape index (κ1) is 19.8. The van der Waals surface area contributed by atoms with Crippen molar-refractivity contribution in [2.45, 2.75) is 52.6 Å². The Bertz CT molecular complexity index is 1050. The molecule has 0 amide bonds. The Morgan fingerprint density at radius 1 is 1.21 bits per heavy atom. The standard InChI is InChI=1S/C21H23ClN4O3/c1-5-15-11(2)17(29-21(27)14-9-7-6-8-10-14)20(28-15)26-13(4)25-16-18(22)23-12(3)24-19(16)26/h6-11,15,17,20H,5H2,1-4H3. The maximum Gasteiger partial charge on any atom is 0.338 e. The fourth-order valence-electron chi connectivity index (χ4n) is 3.92. The summed E-state index contributed by atoms with van der Waals surface area (Å²) >= 11 is 6.29. The van der Waals surface area contributed by atoms with Crippen LogP contribution in [0.25, 0.3) is 11.2 Å². The Hall–Kier alpha value is -2.51. The van der Waals surface area contributed by atoms with Crippen LogP contribution in [0.1, 0.15) is 48.5 Å². The van der Waals surface area contributed by atoms with Crippen molar-refractivity contribution in [3.63, 3.8) is 0 Å². The summed E-state index contributed by atoms with van der Waals surface area (Å²) in [7, 11) is 0. The highest BCUT2D eigenvalue weighted by molar-refractivity contribution is 6.33. The molecule has 8 heteroatoms. The fourth-order valence-corrected chi connectivity index (χ4v) is 4.16. The Labute approximate surface area is 174 Å². The van der Waals surface area contributed by atoms with Crippen LogP contribution in [0.4, 0.5) is 0 Å². The van der Waals surface area contributed by atoms with E-state index in [-0.39, 0.29) is 18.0 Å². The van der Waals surface area contributed by atoms with E-state index >= 15 is 0 Å². The van der Waals surface area contributed by atoms with E-state index in [9.17, 15) is 4.79 Å². The minimum Gasteiger partial charge on any atom is -0.454 e. The summed E-state index contributed by atoms with van der Waals surface area (Å²) < 4.78 is 14.1. The number of aryl methyl sites for hydroxylation is 2. The summed E-state index contributed by atoms with van der Waals surface area (Å²) in [5.41, 5.74) is 1.60. The zero-order chi connectivity index (χ0) is 20.7. The van der Waals surface area contributed by atoms with Gasteiger partial charge in [-0.3, -0.25) is 4.57 Å². The molecule has 0 bridgehead atoms. The molecule has 4 rings (SSSR count). The number of fused-ring (bicyclic) bond motifs is 1. The second-order valence-corrected chi connectivity index (χ2v) is 7.69. The Morgan fingerprint density at radius 3 is 2.62 bits per heavy atom. The number of nitrogens with zero attached hydrogens (tertiary/aromatic N) is 4. The molecule has 0 radical (unpaired) electrons. The molecule has 4 atom stereocenters. The van der Waals surface area contributed by atoms with E-state index in [2.05, 4.69) is 21.9 Å². The van der Waals surface area contributed by atoms with E-state index in [1.54, 1.807) is 19.1 Å². The van der Waals surface area contributed by atoms with Crippen molar-refractivity contribution in [2.24, 2.45) is 5.92 Å². The SMILES string of the molecule is CCC1OC(n2c(C)nc3c(Cl)nc(C)nc32)C(OC(=O)c2ccccc2)C1C. The van der Waals surface area contributed by atoms with Crippen LogP contribution in [0.2, 0.25) is 5.15 Å². The molecule has 7 nitrogen and oxygen atoms in total. The lowest BCUT2D eigenvalue weighted by Crippen LogP contribution is -2.31. The summed E-state index contributed by atoms with van der Waals surface area (Å²) in [5, 5.41) is 0.297. The number of hydrogen-bond acceptors (Lipinski definition) is 6. The third kappa shape index (κ3) is 3.49. The number of halogens is 1. The topological polar surface area (TPSA) is 79.1 Å². The third-order valence-electron chi connectivity index (χ3n) is 5.39. The fraction of sp³-hybridized carbons (Fsp3) is 0.429. The van der Waals surface area contributed by atoms with E-state index < -0.39 is 12.3 Å². The zero-order valence-corrected chi connectivity index (χ0v) is 17.6. The number of benzene rings is 1. The van der Waals surface area contributed by atoms with Gasteiger partial charge in [-0.25, -0.2) is 19.7 Å². The molecule has 2 aromatic heterocycles. The zero-order valence-electron chi connectivity index (χ0n) is 16.8.